The van der Waals surface area contributed by atoms with Crippen molar-refractivity contribution in [2.45, 2.75) is 65.9 Å². The molecule has 1 aliphatic rings. The molecule has 2 unspecified atom stereocenters. The molecule has 5 nitrogen and oxygen atoms in total. The molecular weight excluding hydrogens is 404 g/mol. The molecule has 0 radical (unpaired) electrons. The molecule has 0 heterocycles. The summed E-state index contributed by atoms with van der Waals surface area (Å²) in [6.45, 7) is 12.2. The van der Waals surface area contributed by atoms with Crippen molar-refractivity contribution in [3.8, 4) is 11.5 Å². The van der Waals surface area contributed by atoms with Gasteiger partial charge in [0.15, 0.2) is 11.4 Å². The lowest BCUT2D eigenvalue weighted by Crippen LogP contribution is -2.40. The highest BCUT2D eigenvalue weighted by Gasteiger charge is 2.44. The number of ether oxygens (including phenoxy) is 3. The van der Waals surface area contributed by atoms with Crippen molar-refractivity contribution in [3.63, 3.8) is 0 Å². The molecule has 5 heteroatoms. The Morgan fingerprint density at radius 1 is 1.03 bits per heavy atom. The van der Waals surface area contributed by atoms with Crippen LogP contribution in [0.1, 0.15) is 73.5 Å². The van der Waals surface area contributed by atoms with Gasteiger partial charge in [-0.3, -0.25) is 4.79 Å². The Hall–Kier alpha value is -2.82. The number of carbonyl (C=O) groups is 2. The van der Waals surface area contributed by atoms with Crippen LogP contribution in [0.3, 0.4) is 0 Å². The monoisotopic (exact) mass is 438 g/mol. The summed E-state index contributed by atoms with van der Waals surface area (Å²) in [6, 6.07) is 11.6. The summed E-state index contributed by atoms with van der Waals surface area (Å²) < 4.78 is 16.8. The Morgan fingerprint density at radius 2 is 1.66 bits per heavy atom. The lowest BCUT2D eigenvalue weighted by molar-refractivity contribution is -0.158. The van der Waals surface area contributed by atoms with Gasteiger partial charge in [-0.05, 0) is 94.3 Å². The second-order valence-electron chi connectivity index (χ2n) is 9.00. The summed E-state index contributed by atoms with van der Waals surface area (Å²) in [5.41, 5.74) is 2.70. The highest BCUT2D eigenvalue weighted by atomic mass is 16.6. The summed E-state index contributed by atoms with van der Waals surface area (Å²) in [5, 5.41) is 0. The zero-order valence-electron chi connectivity index (χ0n) is 20.0. The summed E-state index contributed by atoms with van der Waals surface area (Å²) in [7, 11) is 0. The molecule has 0 amide bonds. The van der Waals surface area contributed by atoms with Crippen LogP contribution >= 0.6 is 0 Å². The number of Topliss-reactive ketones (excluding diaryl/α,β-unsaturated/α-hetero) is 1. The van der Waals surface area contributed by atoms with E-state index in [1.165, 1.54) is 0 Å². The first-order valence-corrected chi connectivity index (χ1v) is 11.4. The van der Waals surface area contributed by atoms with E-state index in [2.05, 4.69) is 19.1 Å². The number of esters is 1. The topological polar surface area (TPSA) is 61.8 Å². The van der Waals surface area contributed by atoms with Gasteiger partial charge in [0, 0.05) is 11.5 Å². The zero-order valence-corrected chi connectivity index (χ0v) is 20.0. The maximum absolute atomic E-state index is 13.0. The molecule has 2 aromatic carbocycles. The molecule has 1 aliphatic carbocycles. The van der Waals surface area contributed by atoms with Gasteiger partial charge in [0.25, 0.3) is 0 Å². The average Bonchev–Trinajstić information content (AvgIpc) is 3.55. The minimum Gasteiger partial charge on any atom is -0.494 e. The number of hydrogen-bond donors (Lipinski definition) is 0. The zero-order chi connectivity index (χ0) is 23.5. The van der Waals surface area contributed by atoms with Gasteiger partial charge in [0.1, 0.15) is 11.5 Å². The number of aryl methyl sites for hydroxylation is 2. The van der Waals surface area contributed by atoms with Crippen LogP contribution in [0.25, 0.3) is 0 Å². The number of ketones is 1. The fourth-order valence-corrected chi connectivity index (χ4v) is 3.96. The molecule has 0 bridgehead atoms. The Labute approximate surface area is 191 Å². The Kier molecular flexibility index (Phi) is 7.27. The highest BCUT2D eigenvalue weighted by Crippen LogP contribution is 2.50. The van der Waals surface area contributed by atoms with Crippen LogP contribution in [0, 0.1) is 19.8 Å². The second kappa shape index (κ2) is 9.76. The van der Waals surface area contributed by atoms with Crippen LogP contribution in [0.15, 0.2) is 36.4 Å². The summed E-state index contributed by atoms with van der Waals surface area (Å²) in [5.74, 6) is 1.49. The van der Waals surface area contributed by atoms with E-state index < -0.39 is 5.60 Å². The van der Waals surface area contributed by atoms with Crippen molar-refractivity contribution in [2.24, 2.45) is 5.92 Å². The van der Waals surface area contributed by atoms with E-state index in [0.29, 0.717) is 19.0 Å². The van der Waals surface area contributed by atoms with Crippen molar-refractivity contribution >= 4 is 11.8 Å². The van der Waals surface area contributed by atoms with Crippen LogP contribution < -0.4 is 9.47 Å². The van der Waals surface area contributed by atoms with Crippen molar-refractivity contribution in [3.05, 3.63) is 58.7 Å². The summed E-state index contributed by atoms with van der Waals surface area (Å²) in [6.07, 6.45) is 1.80. The molecule has 172 valence electrons. The standard InChI is InChI=1S/C27H34O5/c1-7-13-31-21-11-9-19(10-12-21)24(28)23-16-22(23)20-14-17(3)25(18(4)15-20)32-27(5,6)26(29)30-8-2/h9-12,14-15,22-23H,7-8,13,16H2,1-6H3. The molecule has 1 saturated carbocycles. The Bertz CT molecular complexity index is 951. The normalized spacial score (nSPS) is 17.6. The molecule has 0 aliphatic heterocycles. The molecule has 2 atom stereocenters. The van der Waals surface area contributed by atoms with Crippen LogP contribution in [0.2, 0.25) is 0 Å². The van der Waals surface area contributed by atoms with Crippen LogP contribution in [0.5, 0.6) is 11.5 Å². The second-order valence-corrected chi connectivity index (χ2v) is 9.00. The van der Waals surface area contributed by atoms with Crippen LogP contribution in [0.4, 0.5) is 0 Å². The average molecular weight is 439 g/mol. The minimum atomic E-state index is -1.07. The predicted molar refractivity (Wildman–Crippen MR) is 125 cm³/mol. The van der Waals surface area contributed by atoms with Crippen molar-refractivity contribution in [2.75, 3.05) is 13.2 Å². The first-order valence-electron chi connectivity index (χ1n) is 11.4. The molecule has 1 fully saturated rings. The smallest absolute Gasteiger partial charge is 0.349 e. The lowest BCUT2D eigenvalue weighted by Gasteiger charge is -2.26. The molecular formula is C27H34O5. The van der Waals surface area contributed by atoms with Gasteiger partial charge in [0.05, 0.1) is 13.2 Å². The third-order valence-electron chi connectivity index (χ3n) is 5.77. The predicted octanol–water partition coefficient (Wildman–Crippen LogP) is 5.80. The van der Waals surface area contributed by atoms with Gasteiger partial charge in [-0.2, -0.15) is 0 Å². The van der Waals surface area contributed by atoms with E-state index in [1.807, 2.05) is 38.1 Å². The molecule has 0 N–H and O–H groups in total. The third kappa shape index (κ3) is 5.32. The fourth-order valence-electron chi connectivity index (χ4n) is 3.96. The van der Waals surface area contributed by atoms with Crippen LogP contribution in [-0.4, -0.2) is 30.6 Å². The Balaban J connectivity index is 1.70. The van der Waals surface area contributed by atoms with Gasteiger partial charge in [-0.25, -0.2) is 4.79 Å². The quantitative estimate of drug-likeness (QED) is 0.347. The SMILES string of the molecule is CCCOc1ccc(C(=O)C2CC2c2cc(C)c(OC(C)(C)C(=O)OCC)c(C)c2)cc1. The largest absolute Gasteiger partial charge is 0.494 e. The van der Waals surface area contributed by atoms with E-state index in [-0.39, 0.29) is 23.6 Å². The first kappa shape index (κ1) is 23.8. The number of carbonyl (C=O) groups excluding carboxylic acids is 2. The summed E-state index contributed by atoms with van der Waals surface area (Å²) in [4.78, 5) is 25.2. The van der Waals surface area contributed by atoms with Gasteiger partial charge >= 0.3 is 5.97 Å². The third-order valence-corrected chi connectivity index (χ3v) is 5.77. The first-order chi connectivity index (χ1) is 15.2. The molecule has 0 aromatic heterocycles. The van der Waals surface area contributed by atoms with E-state index in [0.717, 1.165) is 40.8 Å². The Morgan fingerprint density at radius 3 is 2.22 bits per heavy atom. The van der Waals surface area contributed by atoms with E-state index in [9.17, 15) is 9.59 Å². The van der Waals surface area contributed by atoms with E-state index in [4.69, 9.17) is 14.2 Å². The maximum Gasteiger partial charge on any atom is 0.349 e. The highest BCUT2D eigenvalue weighted by molar-refractivity contribution is 6.00. The van der Waals surface area contributed by atoms with Gasteiger partial charge < -0.3 is 14.2 Å². The van der Waals surface area contributed by atoms with Gasteiger partial charge in [-0.1, -0.05) is 19.1 Å². The number of rotatable bonds is 10. The van der Waals surface area contributed by atoms with Crippen molar-refractivity contribution in [1.29, 1.82) is 0 Å². The molecule has 0 spiro atoms. The molecule has 3 rings (SSSR count). The van der Waals surface area contributed by atoms with E-state index >= 15 is 0 Å². The molecule has 0 saturated heterocycles. The van der Waals surface area contributed by atoms with Crippen molar-refractivity contribution in [1.82, 2.24) is 0 Å². The minimum absolute atomic E-state index is 0.000971. The van der Waals surface area contributed by atoms with E-state index in [1.54, 1.807) is 20.8 Å². The lowest BCUT2D eigenvalue weighted by atomic mass is 9.98. The van der Waals surface area contributed by atoms with Gasteiger partial charge in [0.2, 0.25) is 0 Å². The molecule has 2 aromatic rings. The molecule has 32 heavy (non-hydrogen) atoms. The van der Waals surface area contributed by atoms with Gasteiger partial charge in [-0.15, -0.1) is 0 Å². The van der Waals surface area contributed by atoms with Crippen molar-refractivity contribution < 1.29 is 23.8 Å². The number of benzene rings is 2. The fraction of sp³-hybridized carbons (Fsp3) is 0.481. The van der Waals surface area contributed by atoms with Crippen LogP contribution in [-0.2, 0) is 9.53 Å². The maximum atomic E-state index is 13.0. The number of hydrogen-bond acceptors (Lipinski definition) is 5. The summed E-state index contributed by atoms with van der Waals surface area (Å²) >= 11 is 0.